The third-order valence-corrected chi connectivity index (χ3v) is 5.03. The van der Waals surface area contributed by atoms with E-state index in [1.54, 1.807) is 17.0 Å². The van der Waals surface area contributed by atoms with Gasteiger partial charge in [-0.2, -0.15) is 0 Å². The van der Waals surface area contributed by atoms with Crippen molar-refractivity contribution in [2.75, 3.05) is 32.7 Å². The van der Waals surface area contributed by atoms with Crippen LogP contribution in [0.3, 0.4) is 0 Å². The van der Waals surface area contributed by atoms with Gasteiger partial charge in [-0.1, -0.05) is 19.1 Å². The number of piperidine rings is 1. The normalized spacial score (nSPS) is 22.2. The maximum absolute atomic E-state index is 13.8. The number of piperazine rings is 1. The molecule has 0 saturated carbocycles. The first kappa shape index (κ1) is 18.6. The highest BCUT2D eigenvalue weighted by Crippen LogP contribution is 2.22. The van der Waals surface area contributed by atoms with Crippen LogP contribution in [-0.4, -0.2) is 66.5 Å². The van der Waals surface area contributed by atoms with Gasteiger partial charge >= 0.3 is 0 Å². The number of benzene rings is 1. The summed E-state index contributed by atoms with van der Waals surface area (Å²) in [7, 11) is 0. The second-order valence-electron chi connectivity index (χ2n) is 6.79. The van der Waals surface area contributed by atoms with Crippen LogP contribution in [0.15, 0.2) is 24.3 Å². The molecule has 2 saturated heterocycles. The van der Waals surface area contributed by atoms with Crippen LogP contribution in [-0.2, 0) is 9.59 Å². The molecule has 0 aromatic heterocycles. The van der Waals surface area contributed by atoms with Gasteiger partial charge in [0.2, 0.25) is 5.91 Å². The summed E-state index contributed by atoms with van der Waals surface area (Å²) in [6.07, 6.45) is 1.50. The number of nitrogens with one attached hydrogen (secondary N) is 1. The van der Waals surface area contributed by atoms with Crippen molar-refractivity contribution in [3.8, 4) is 5.75 Å². The van der Waals surface area contributed by atoms with Gasteiger partial charge in [-0.3, -0.25) is 9.59 Å². The first-order chi connectivity index (χ1) is 12.6. The second kappa shape index (κ2) is 8.49. The number of likely N-dealkylation sites (tertiary alicyclic amines) is 1. The molecule has 6 nitrogen and oxygen atoms in total. The number of carbonyl (C=O) groups is 2. The maximum atomic E-state index is 13.8. The van der Waals surface area contributed by atoms with Gasteiger partial charge in [0.05, 0.1) is 6.54 Å². The van der Waals surface area contributed by atoms with Crippen LogP contribution in [0.2, 0.25) is 0 Å². The number of ether oxygens (including phenoxy) is 1. The molecule has 2 aliphatic rings. The van der Waals surface area contributed by atoms with Gasteiger partial charge in [0.25, 0.3) is 5.91 Å². The molecule has 2 fully saturated rings. The Labute approximate surface area is 153 Å². The third kappa shape index (κ3) is 4.15. The van der Waals surface area contributed by atoms with Crippen LogP contribution < -0.4 is 10.1 Å². The van der Waals surface area contributed by atoms with Gasteiger partial charge in [0.15, 0.2) is 17.7 Å². The molecular formula is C19H26FN3O3. The highest BCUT2D eigenvalue weighted by Gasteiger charge is 2.34. The molecule has 2 atom stereocenters. The van der Waals surface area contributed by atoms with Crippen LogP contribution in [0.1, 0.15) is 26.2 Å². The smallest absolute Gasteiger partial charge is 0.263 e. The van der Waals surface area contributed by atoms with Crippen molar-refractivity contribution in [2.24, 2.45) is 0 Å². The summed E-state index contributed by atoms with van der Waals surface area (Å²) >= 11 is 0. The molecule has 2 amide bonds. The molecule has 0 radical (unpaired) electrons. The van der Waals surface area contributed by atoms with Crippen molar-refractivity contribution in [1.82, 2.24) is 15.1 Å². The molecule has 1 N–H and O–H groups in total. The SMILES string of the molecule is CCC(Oc1ccccc1F)C(=O)N1CCCC(N2CCNCC2=O)C1. The minimum atomic E-state index is -0.718. The maximum Gasteiger partial charge on any atom is 0.263 e. The Morgan fingerprint density at radius 3 is 2.92 bits per heavy atom. The summed E-state index contributed by atoms with van der Waals surface area (Å²) < 4.78 is 19.5. The predicted octanol–water partition coefficient (Wildman–Crippen LogP) is 1.41. The fraction of sp³-hybridized carbons (Fsp3) is 0.579. The van der Waals surface area contributed by atoms with Gasteiger partial charge in [-0.25, -0.2) is 4.39 Å². The van der Waals surface area contributed by atoms with E-state index in [0.717, 1.165) is 19.4 Å². The number of para-hydroxylation sites is 1. The fourth-order valence-electron chi connectivity index (χ4n) is 3.62. The molecule has 2 aliphatic heterocycles. The van der Waals surface area contributed by atoms with Crippen LogP contribution >= 0.6 is 0 Å². The lowest BCUT2D eigenvalue weighted by Gasteiger charge is -2.41. The zero-order chi connectivity index (χ0) is 18.5. The molecule has 2 unspecified atom stereocenters. The van der Waals surface area contributed by atoms with Crippen LogP contribution in [0.25, 0.3) is 0 Å². The average Bonchev–Trinajstić information content (AvgIpc) is 2.67. The third-order valence-electron chi connectivity index (χ3n) is 5.03. The summed E-state index contributed by atoms with van der Waals surface area (Å²) in [4.78, 5) is 28.7. The van der Waals surface area contributed by atoms with E-state index < -0.39 is 11.9 Å². The predicted molar refractivity (Wildman–Crippen MR) is 95.3 cm³/mol. The second-order valence-corrected chi connectivity index (χ2v) is 6.79. The van der Waals surface area contributed by atoms with E-state index in [0.29, 0.717) is 32.6 Å². The number of hydrogen-bond donors (Lipinski definition) is 1. The highest BCUT2D eigenvalue weighted by atomic mass is 19.1. The van der Waals surface area contributed by atoms with E-state index in [4.69, 9.17) is 4.74 Å². The van der Waals surface area contributed by atoms with Crippen molar-refractivity contribution in [3.63, 3.8) is 0 Å². The van der Waals surface area contributed by atoms with Gasteiger partial charge in [-0.05, 0) is 31.4 Å². The first-order valence-electron chi connectivity index (χ1n) is 9.30. The van der Waals surface area contributed by atoms with Crippen LogP contribution in [0.5, 0.6) is 5.75 Å². The molecule has 3 rings (SSSR count). The largest absolute Gasteiger partial charge is 0.478 e. The number of amides is 2. The molecular weight excluding hydrogens is 337 g/mol. The van der Waals surface area contributed by atoms with E-state index in [1.165, 1.54) is 12.1 Å². The zero-order valence-electron chi connectivity index (χ0n) is 15.1. The summed E-state index contributed by atoms with van der Waals surface area (Å²) in [5.41, 5.74) is 0. The number of nitrogens with zero attached hydrogens (tertiary/aromatic N) is 2. The highest BCUT2D eigenvalue weighted by molar-refractivity contribution is 5.82. The Morgan fingerprint density at radius 2 is 2.19 bits per heavy atom. The Kier molecular flexibility index (Phi) is 6.08. The Bertz CT molecular complexity index is 655. The van der Waals surface area contributed by atoms with Gasteiger partial charge in [0, 0.05) is 32.2 Å². The number of rotatable bonds is 5. The van der Waals surface area contributed by atoms with Crippen molar-refractivity contribution in [1.29, 1.82) is 0 Å². The van der Waals surface area contributed by atoms with Crippen LogP contribution in [0.4, 0.5) is 4.39 Å². The van der Waals surface area contributed by atoms with E-state index in [1.807, 2.05) is 11.8 Å². The lowest BCUT2D eigenvalue weighted by molar-refractivity contribution is -0.144. The minimum absolute atomic E-state index is 0.0493. The van der Waals surface area contributed by atoms with E-state index in [9.17, 15) is 14.0 Å². The van der Waals surface area contributed by atoms with Crippen molar-refractivity contribution in [3.05, 3.63) is 30.1 Å². The van der Waals surface area contributed by atoms with E-state index in [-0.39, 0.29) is 23.6 Å². The molecule has 0 spiro atoms. The Hall–Kier alpha value is -2.15. The van der Waals surface area contributed by atoms with E-state index >= 15 is 0 Å². The van der Waals surface area contributed by atoms with Crippen molar-refractivity contribution >= 4 is 11.8 Å². The van der Waals surface area contributed by atoms with Gasteiger partial charge in [-0.15, -0.1) is 0 Å². The number of carbonyl (C=O) groups excluding carboxylic acids is 2. The van der Waals surface area contributed by atoms with Crippen molar-refractivity contribution < 1.29 is 18.7 Å². The molecule has 0 aliphatic carbocycles. The molecule has 0 bridgehead atoms. The summed E-state index contributed by atoms with van der Waals surface area (Å²) in [6.45, 7) is 4.83. The zero-order valence-corrected chi connectivity index (χ0v) is 15.1. The quantitative estimate of drug-likeness (QED) is 0.859. The lowest BCUT2D eigenvalue weighted by atomic mass is 10.0. The Balaban J connectivity index is 1.65. The molecule has 142 valence electrons. The lowest BCUT2D eigenvalue weighted by Crippen LogP contribution is -2.58. The summed E-state index contributed by atoms with van der Waals surface area (Å²) in [5, 5.41) is 3.07. The molecule has 7 heteroatoms. The van der Waals surface area contributed by atoms with Gasteiger partial charge < -0.3 is 19.9 Å². The Morgan fingerprint density at radius 1 is 1.38 bits per heavy atom. The first-order valence-corrected chi connectivity index (χ1v) is 9.30. The topological polar surface area (TPSA) is 61.9 Å². The molecule has 1 aromatic carbocycles. The standard InChI is InChI=1S/C19H26FN3O3/c1-2-16(26-17-8-4-3-7-15(17)20)19(25)22-10-5-6-14(13-22)23-11-9-21-12-18(23)24/h3-4,7-8,14,16,21H,2,5-6,9-13H2,1H3. The average molecular weight is 363 g/mol. The number of halogens is 1. The number of hydrogen-bond acceptors (Lipinski definition) is 4. The van der Waals surface area contributed by atoms with Gasteiger partial charge in [0.1, 0.15) is 0 Å². The van der Waals surface area contributed by atoms with Crippen molar-refractivity contribution in [2.45, 2.75) is 38.3 Å². The molecule has 26 heavy (non-hydrogen) atoms. The monoisotopic (exact) mass is 363 g/mol. The minimum Gasteiger partial charge on any atom is -0.478 e. The van der Waals surface area contributed by atoms with E-state index in [2.05, 4.69) is 5.32 Å². The summed E-state index contributed by atoms with van der Waals surface area (Å²) in [5.74, 6) is -0.423. The molecule has 1 aromatic rings. The fourth-order valence-corrected chi connectivity index (χ4v) is 3.62. The van der Waals surface area contributed by atoms with Crippen LogP contribution in [0, 0.1) is 5.82 Å². The summed E-state index contributed by atoms with van der Waals surface area (Å²) in [6, 6.07) is 6.17. The molecule has 2 heterocycles.